The first-order valence-corrected chi connectivity index (χ1v) is 6.52. The Labute approximate surface area is 123 Å². The van der Waals surface area contributed by atoms with Crippen molar-refractivity contribution in [2.45, 2.75) is 19.9 Å². The van der Waals surface area contributed by atoms with Gasteiger partial charge in [0.1, 0.15) is 18.2 Å². The van der Waals surface area contributed by atoms with Crippen molar-refractivity contribution in [2.24, 2.45) is 5.92 Å². The van der Waals surface area contributed by atoms with Gasteiger partial charge in [-0.3, -0.25) is 0 Å². The average Bonchev–Trinajstić information content (AvgIpc) is 2.46. The van der Waals surface area contributed by atoms with Crippen molar-refractivity contribution in [1.29, 1.82) is 0 Å². The van der Waals surface area contributed by atoms with Gasteiger partial charge in [0.05, 0.1) is 5.69 Å². The zero-order valence-corrected chi connectivity index (χ0v) is 12.0. The fourth-order valence-electron chi connectivity index (χ4n) is 1.50. The number of halogens is 1. The number of terminal acetylenes is 1. The largest absolute Gasteiger partial charge is 0.479 e. The number of ether oxygens (including phenoxy) is 1. The molecule has 0 aromatic heterocycles. The highest BCUT2D eigenvalue weighted by Crippen LogP contribution is 2.25. The van der Waals surface area contributed by atoms with E-state index in [1.54, 1.807) is 6.92 Å². The van der Waals surface area contributed by atoms with Crippen LogP contribution in [-0.4, -0.2) is 30.4 Å². The highest BCUT2D eigenvalue weighted by molar-refractivity contribution is 5.91. The normalized spacial score (nSPS) is 12.9. The zero-order valence-electron chi connectivity index (χ0n) is 12.0. The highest BCUT2D eigenvalue weighted by Gasteiger charge is 2.15. The number of carbonyl (C=O) groups is 1. The lowest BCUT2D eigenvalue weighted by Gasteiger charge is -2.20. The molecular formula is C15H19FN2O3. The standard InChI is InChI=1S/C15H19FN2O3/c1-4-7-21-14-8-12(16)5-6-13(14)18-15(20)17-11(3)10(2)9-19/h1,5-6,8,10-11,19H,7,9H2,2-3H3,(H2,17,18,20)/t10-,11+/m1/s1. The van der Waals surface area contributed by atoms with Crippen LogP contribution in [0.15, 0.2) is 18.2 Å². The number of aliphatic hydroxyl groups excluding tert-OH is 1. The lowest BCUT2D eigenvalue weighted by Crippen LogP contribution is -2.40. The molecule has 0 aliphatic heterocycles. The number of nitrogens with one attached hydrogen (secondary N) is 2. The molecule has 3 N–H and O–H groups in total. The third-order valence-corrected chi connectivity index (χ3v) is 3.00. The molecule has 6 heteroatoms. The summed E-state index contributed by atoms with van der Waals surface area (Å²) < 4.78 is 18.4. The van der Waals surface area contributed by atoms with Gasteiger partial charge in [-0.2, -0.15) is 0 Å². The van der Waals surface area contributed by atoms with Crippen molar-refractivity contribution in [3.05, 3.63) is 24.0 Å². The fraction of sp³-hybridized carbons (Fsp3) is 0.400. The Hall–Kier alpha value is -2.26. The van der Waals surface area contributed by atoms with Gasteiger partial charge in [0.2, 0.25) is 0 Å². The van der Waals surface area contributed by atoms with E-state index in [9.17, 15) is 9.18 Å². The molecule has 0 fully saturated rings. The van der Waals surface area contributed by atoms with Crippen LogP contribution in [0, 0.1) is 24.1 Å². The smallest absolute Gasteiger partial charge is 0.319 e. The summed E-state index contributed by atoms with van der Waals surface area (Å²) in [5.41, 5.74) is 0.313. The maximum atomic E-state index is 13.2. The number of urea groups is 1. The maximum absolute atomic E-state index is 13.2. The molecule has 1 aromatic rings. The molecule has 0 radical (unpaired) electrons. The van der Waals surface area contributed by atoms with E-state index in [1.165, 1.54) is 12.1 Å². The molecule has 5 nitrogen and oxygen atoms in total. The van der Waals surface area contributed by atoms with Gasteiger partial charge in [0.15, 0.2) is 0 Å². The first kappa shape index (κ1) is 16.8. The van der Waals surface area contributed by atoms with E-state index in [0.29, 0.717) is 5.69 Å². The van der Waals surface area contributed by atoms with Crippen LogP contribution in [0.5, 0.6) is 5.75 Å². The van der Waals surface area contributed by atoms with Crippen LogP contribution < -0.4 is 15.4 Å². The Morgan fingerprint density at radius 1 is 1.52 bits per heavy atom. The summed E-state index contributed by atoms with van der Waals surface area (Å²) in [5.74, 6) is 1.86. The number of benzene rings is 1. The molecule has 0 aliphatic rings. The number of anilines is 1. The minimum absolute atomic E-state index is 0.0301. The van der Waals surface area contributed by atoms with Crippen molar-refractivity contribution in [3.8, 4) is 18.1 Å². The lowest BCUT2D eigenvalue weighted by atomic mass is 10.1. The minimum Gasteiger partial charge on any atom is -0.479 e. The molecule has 2 amide bonds. The Morgan fingerprint density at radius 3 is 2.86 bits per heavy atom. The second kappa shape index (κ2) is 8.12. The summed E-state index contributed by atoms with van der Waals surface area (Å²) in [7, 11) is 0. The van der Waals surface area contributed by atoms with Gasteiger partial charge in [0, 0.05) is 18.7 Å². The van der Waals surface area contributed by atoms with Crippen LogP contribution >= 0.6 is 0 Å². The molecule has 21 heavy (non-hydrogen) atoms. The third-order valence-electron chi connectivity index (χ3n) is 3.00. The molecular weight excluding hydrogens is 275 g/mol. The predicted molar refractivity (Wildman–Crippen MR) is 78.6 cm³/mol. The van der Waals surface area contributed by atoms with E-state index in [1.807, 2.05) is 6.92 Å². The van der Waals surface area contributed by atoms with Gasteiger partial charge < -0.3 is 20.5 Å². The van der Waals surface area contributed by atoms with Gasteiger partial charge in [0.25, 0.3) is 0 Å². The summed E-state index contributed by atoms with van der Waals surface area (Å²) in [6, 6.07) is 3.05. The third kappa shape index (κ3) is 5.32. The van der Waals surface area contributed by atoms with Crippen LogP contribution in [0.1, 0.15) is 13.8 Å². The number of aliphatic hydroxyl groups is 1. The summed E-state index contributed by atoms with van der Waals surface area (Å²) in [6.07, 6.45) is 5.09. The summed E-state index contributed by atoms with van der Waals surface area (Å²) >= 11 is 0. The molecule has 114 valence electrons. The molecule has 0 saturated heterocycles. The zero-order chi connectivity index (χ0) is 15.8. The quantitative estimate of drug-likeness (QED) is 0.703. The van der Waals surface area contributed by atoms with Gasteiger partial charge in [-0.1, -0.05) is 12.8 Å². The predicted octanol–water partition coefficient (Wildman–Crippen LogP) is 1.98. The number of hydrogen-bond donors (Lipinski definition) is 3. The summed E-state index contributed by atoms with van der Waals surface area (Å²) in [5, 5.41) is 14.3. The van der Waals surface area contributed by atoms with Crippen molar-refractivity contribution < 1.29 is 19.0 Å². The second-order valence-corrected chi connectivity index (χ2v) is 4.68. The molecule has 1 rings (SSSR count). The van der Waals surface area contributed by atoms with E-state index < -0.39 is 11.8 Å². The van der Waals surface area contributed by atoms with Gasteiger partial charge in [-0.15, -0.1) is 6.42 Å². The first-order valence-electron chi connectivity index (χ1n) is 6.52. The molecule has 0 aliphatic carbocycles. The van der Waals surface area contributed by atoms with Crippen LogP contribution in [0.2, 0.25) is 0 Å². The molecule has 0 heterocycles. The number of rotatable bonds is 6. The Bertz CT molecular complexity index is 528. The van der Waals surface area contributed by atoms with Gasteiger partial charge in [-0.05, 0) is 25.0 Å². The van der Waals surface area contributed by atoms with Crippen molar-refractivity contribution >= 4 is 11.7 Å². The molecule has 0 saturated carbocycles. The number of carbonyl (C=O) groups excluding carboxylic acids is 1. The van der Waals surface area contributed by atoms with E-state index >= 15 is 0 Å². The highest BCUT2D eigenvalue weighted by atomic mass is 19.1. The number of amides is 2. The van der Waals surface area contributed by atoms with Gasteiger partial charge in [-0.25, -0.2) is 9.18 Å². The van der Waals surface area contributed by atoms with Crippen molar-refractivity contribution in [3.63, 3.8) is 0 Å². The van der Waals surface area contributed by atoms with Crippen molar-refractivity contribution in [2.75, 3.05) is 18.5 Å². The van der Waals surface area contributed by atoms with Crippen LogP contribution in [0.4, 0.5) is 14.9 Å². The molecule has 0 bridgehead atoms. The SMILES string of the molecule is C#CCOc1cc(F)ccc1NC(=O)N[C@@H](C)[C@H](C)CO. The van der Waals surface area contributed by atoms with E-state index in [4.69, 9.17) is 16.3 Å². The number of hydrogen-bond acceptors (Lipinski definition) is 3. The van der Waals surface area contributed by atoms with Gasteiger partial charge >= 0.3 is 6.03 Å². The molecule has 0 unspecified atom stereocenters. The van der Waals surface area contributed by atoms with E-state index in [-0.39, 0.29) is 30.9 Å². The molecule has 0 spiro atoms. The van der Waals surface area contributed by atoms with Crippen molar-refractivity contribution in [1.82, 2.24) is 5.32 Å². The monoisotopic (exact) mass is 294 g/mol. The molecule has 1 aromatic carbocycles. The fourth-order valence-corrected chi connectivity index (χ4v) is 1.50. The summed E-state index contributed by atoms with van der Waals surface area (Å²) in [4.78, 5) is 11.9. The van der Waals surface area contributed by atoms with Crippen LogP contribution in [-0.2, 0) is 0 Å². The molecule has 2 atom stereocenters. The second-order valence-electron chi connectivity index (χ2n) is 4.68. The Kier molecular flexibility index (Phi) is 6.50. The first-order chi connectivity index (χ1) is 9.97. The Morgan fingerprint density at radius 2 is 2.24 bits per heavy atom. The minimum atomic E-state index is -0.491. The lowest BCUT2D eigenvalue weighted by molar-refractivity contribution is 0.204. The van der Waals surface area contributed by atoms with Crippen LogP contribution in [0.3, 0.4) is 0 Å². The topological polar surface area (TPSA) is 70.6 Å². The van der Waals surface area contributed by atoms with E-state index in [0.717, 1.165) is 6.07 Å². The van der Waals surface area contributed by atoms with Crippen LogP contribution in [0.25, 0.3) is 0 Å². The Balaban J connectivity index is 2.73. The maximum Gasteiger partial charge on any atom is 0.319 e. The average molecular weight is 294 g/mol. The van der Waals surface area contributed by atoms with E-state index in [2.05, 4.69) is 16.6 Å². The summed E-state index contributed by atoms with van der Waals surface area (Å²) in [6.45, 7) is 3.53.